The number of H-pyrrole nitrogens is 1. The van der Waals surface area contributed by atoms with E-state index in [-0.39, 0.29) is 17.7 Å². The van der Waals surface area contributed by atoms with E-state index in [0.717, 1.165) is 31.5 Å². The Morgan fingerprint density at radius 1 is 1.24 bits per heavy atom. The first-order chi connectivity index (χ1) is 10.2. The molecule has 21 heavy (non-hydrogen) atoms. The van der Waals surface area contributed by atoms with Crippen LogP contribution in [0.3, 0.4) is 0 Å². The van der Waals surface area contributed by atoms with Gasteiger partial charge in [0, 0.05) is 12.0 Å². The van der Waals surface area contributed by atoms with E-state index in [1.54, 1.807) is 0 Å². The lowest BCUT2D eigenvalue weighted by molar-refractivity contribution is -0.117. The van der Waals surface area contributed by atoms with Gasteiger partial charge >= 0.3 is 6.03 Å². The predicted molar refractivity (Wildman–Crippen MR) is 78.0 cm³/mol. The number of carbonyl (C=O) groups excluding carboxylic acids is 2. The molecular weight excluding hydrogens is 290 g/mol. The Morgan fingerprint density at radius 2 is 2.00 bits per heavy atom. The quantitative estimate of drug-likeness (QED) is 0.716. The highest BCUT2D eigenvalue weighted by molar-refractivity contribution is 7.99. The van der Waals surface area contributed by atoms with E-state index in [0.29, 0.717) is 11.1 Å². The number of aromatic nitrogens is 3. The smallest absolute Gasteiger partial charge is 0.321 e. The maximum atomic E-state index is 11.6. The Hall–Kier alpha value is -1.57. The van der Waals surface area contributed by atoms with E-state index in [2.05, 4.69) is 25.8 Å². The molecule has 7 nitrogen and oxygen atoms in total. The molecule has 0 radical (unpaired) electrons. The molecule has 3 rings (SSSR count). The fraction of sp³-hybridized carbons (Fsp3) is 0.692. The number of nitrogens with zero attached hydrogens (tertiary/aromatic N) is 2. The van der Waals surface area contributed by atoms with E-state index in [9.17, 15) is 9.59 Å². The molecule has 114 valence electrons. The summed E-state index contributed by atoms with van der Waals surface area (Å²) in [7, 11) is 0. The van der Waals surface area contributed by atoms with Crippen LogP contribution in [0.1, 0.15) is 50.3 Å². The topological polar surface area (TPSA) is 99.8 Å². The molecule has 0 unspecified atom stereocenters. The van der Waals surface area contributed by atoms with Crippen molar-refractivity contribution in [1.82, 2.24) is 25.8 Å². The molecular formula is C13H19N5O2S. The van der Waals surface area contributed by atoms with Crippen molar-refractivity contribution >= 4 is 23.7 Å². The van der Waals surface area contributed by atoms with Crippen molar-refractivity contribution in [2.75, 3.05) is 5.75 Å². The number of carbonyl (C=O) groups is 2. The maximum absolute atomic E-state index is 11.6. The minimum atomic E-state index is -0.412. The fourth-order valence-electron chi connectivity index (χ4n) is 2.45. The minimum absolute atomic E-state index is 0.139. The fourth-order valence-corrected chi connectivity index (χ4v) is 3.05. The largest absolute Gasteiger partial charge is 0.335 e. The second kappa shape index (κ2) is 6.46. The second-order valence-corrected chi connectivity index (χ2v) is 6.51. The van der Waals surface area contributed by atoms with Crippen LogP contribution in [0.4, 0.5) is 4.79 Å². The number of hydrogen-bond acceptors (Lipinski definition) is 5. The van der Waals surface area contributed by atoms with Crippen LogP contribution in [0.2, 0.25) is 0 Å². The predicted octanol–water partition coefficient (Wildman–Crippen LogP) is 1.54. The van der Waals surface area contributed by atoms with Gasteiger partial charge in [-0.1, -0.05) is 24.6 Å². The molecule has 1 aromatic rings. The third kappa shape index (κ3) is 4.20. The lowest BCUT2D eigenvalue weighted by Gasteiger charge is -2.04. The molecule has 0 spiro atoms. The zero-order valence-corrected chi connectivity index (χ0v) is 12.5. The van der Waals surface area contributed by atoms with Crippen molar-refractivity contribution < 1.29 is 9.59 Å². The summed E-state index contributed by atoms with van der Waals surface area (Å²) in [4.78, 5) is 27.5. The number of aromatic amines is 1. The van der Waals surface area contributed by atoms with Gasteiger partial charge in [-0.05, 0) is 25.7 Å². The number of urea groups is 1. The number of amides is 3. The molecule has 1 aromatic heterocycles. The van der Waals surface area contributed by atoms with Crippen LogP contribution in [0.15, 0.2) is 5.16 Å². The average Bonchev–Trinajstić information content (AvgIpc) is 2.97. The highest BCUT2D eigenvalue weighted by Gasteiger charge is 2.24. The monoisotopic (exact) mass is 309 g/mol. The normalized spacial score (nSPS) is 18.7. The Kier molecular flexibility index (Phi) is 4.42. The van der Waals surface area contributed by atoms with Gasteiger partial charge in [-0.3, -0.25) is 15.2 Å². The van der Waals surface area contributed by atoms with Gasteiger partial charge < -0.3 is 5.32 Å². The van der Waals surface area contributed by atoms with Gasteiger partial charge in [0.15, 0.2) is 0 Å². The van der Waals surface area contributed by atoms with E-state index in [1.165, 1.54) is 24.6 Å². The molecule has 1 heterocycles. The second-order valence-electron chi connectivity index (χ2n) is 5.57. The highest BCUT2D eigenvalue weighted by atomic mass is 32.2. The third-order valence-corrected chi connectivity index (χ3v) is 4.57. The highest BCUT2D eigenvalue weighted by Crippen LogP contribution is 2.32. The number of rotatable bonds is 5. The summed E-state index contributed by atoms with van der Waals surface area (Å²) in [5, 5.41) is 12.6. The minimum Gasteiger partial charge on any atom is -0.335 e. The summed E-state index contributed by atoms with van der Waals surface area (Å²) < 4.78 is 0. The van der Waals surface area contributed by atoms with Crippen LogP contribution < -0.4 is 10.6 Å². The van der Waals surface area contributed by atoms with Gasteiger partial charge in [0.25, 0.3) is 0 Å². The Bertz CT molecular complexity index is 522. The van der Waals surface area contributed by atoms with Crippen molar-refractivity contribution in [3.05, 3.63) is 5.82 Å². The molecule has 2 aliphatic rings. The Balaban J connectivity index is 1.41. The molecule has 3 amide bonds. The van der Waals surface area contributed by atoms with Crippen molar-refractivity contribution in [3.63, 3.8) is 0 Å². The van der Waals surface area contributed by atoms with Gasteiger partial charge in [-0.15, -0.1) is 5.10 Å². The van der Waals surface area contributed by atoms with Crippen LogP contribution in [0.5, 0.6) is 0 Å². The lowest BCUT2D eigenvalue weighted by atomic mass is 10.1. The lowest BCUT2D eigenvalue weighted by Crippen LogP contribution is -2.41. The van der Waals surface area contributed by atoms with Crippen LogP contribution >= 0.6 is 11.8 Å². The SMILES string of the molecule is O=C(CSc1n[nH]c(C2CCCC2)n1)NC(=O)NC1CC1. The van der Waals surface area contributed by atoms with Gasteiger partial charge in [0.2, 0.25) is 11.1 Å². The molecule has 2 fully saturated rings. The van der Waals surface area contributed by atoms with E-state index in [4.69, 9.17) is 0 Å². The number of thioether (sulfide) groups is 1. The maximum Gasteiger partial charge on any atom is 0.321 e. The van der Waals surface area contributed by atoms with Gasteiger partial charge in [0.05, 0.1) is 5.75 Å². The van der Waals surface area contributed by atoms with Crippen molar-refractivity contribution in [3.8, 4) is 0 Å². The zero-order valence-electron chi connectivity index (χ0n) is 11.7. The molecule has 0 aromatic carbocycles. The molecule has 8 heteroatoms. The first-order valence-electron chi connectivity index (χ1n) is 7.36. The number of nitrogens with one attached hydrogen (secondary N) is 3. The molecule has 0 atom stereocenters. The molecule has 2 saturated carbocycles. The standard InChI is InChI=1S/C13H19N5O2S/c19-10(15-12(20)14-9-5-6-9)7-21-13-16-11(17-18-13)8-3-1-2-4-8/h8-9H,1-7H2,(H,16,17,18)(H2,14,15,19,20). The van der Waals surface area contributed by atoms with E-state index in [1.807, 2.05) is 0 Å². The third-order valence-electron chi connectivity index (χ3n) is 3.72. The number of hydrogen-bond donors (Lipinski definition) is 3. The van der Waals surface area contributed by atoms with Gasteiger partial charge in [-0.25, -0.2) is 9.78 Å². The average molecular weight is 309 g/mol. The number of imide groups is 1. The van der Waals surface area contributed by atoms with Crippen LogP contribution in [0.25, 0.3) is 0 Å². The summed E-state index contributed by atoms with van der Waals surface area (Å²) in [5.74, 6) is 1.21. The Morgan fingerprint density at radius 3 is 2.71 bits per heavy atom. The van der Waals surface area contributed by atoms with Gasteiger partial charge in [0.1, 0.15) is 5.82 Å². The summed E-state index contributed by atoms with van der Waals surface area (Å²) in [6.07, 6.45) is 6.79. The summed E-state index contributed by atoms with van der Waals surface area (Å²) in [5.41, 5.74) is 0. The Labute approximate surface area is 127 Å². The van der Waals surface area contributed by atoms with Gasteiger partial charge in [-0.2, -0.15) is 0 Å². The summed E-state index contributed by atoms with van der Waals surface area (Å²) >= 11 is 1.24. The van der Waals surface area contributed by atoms with Crippen molar-refractivity contribution in [2.45, 2.75) is 55.6 Å². The molecule has 2 aliphatic carbocycles. The van der Waals surface area contributed by atoms with Crippen LogP contribution in [0, 0.1) is 0 Å². The summed E-state index contributed by atoms with van der Waals surface area (Å²) in [6.45, 7) is 0. The van der Waals surface area contributed by atoms with E-state index >= 15 is 0 Å². The molecule has 0 aliphatic heterocycles. The molecule has 0 saturated heterocycles. The van der Waals surface area contributed by atoms with Crippen molar-refractivity contribution in [2.24, 2.45) is 0 Å². The molecule has 3 N–H and O–H groups in total. The molecule has 0 bridgehead atoms. The zero-order chi connectivity index (χ0) is 14.7. The van der Waals surface area contributed by atoms with Crippen molar-refractivity contribution in [1.29, 1.82) is 0 Å². The first kappa shape index (κ1) is 14.4. The van der Waals surface area contributed by atoms with E-state index < -0.39 is 6.03 Å². The van der Waals surface area contributed by atoms with Crippen LogP contribution in [-0.2, 0) is 4.79 Å². The first-order valence-corrected chi connectivity index (χ1v) is 8.34. The van der Waals surface area contributed by atoms with Crippen LogP contribution in [-0.4, -0.2) is 38.9 Å². The summed E-state index contributed by atoms with van der Waals surface area (Å²) in [6, 6.07) is -0.169.